The van der Waals surface area contributed by atoms with Crippen molar-refractivity contribution in [3.8, 4) is 0 Å². The summed E-state index contributed by atoms with van der Waals surface area (Å²) in [7, 11) is 0. The van der Waals surface area contributed by atoms with Crippen LogP contribution in [0.4, 0.5) is 0 Å². The fourth-order valence-electron chi connectivity index (χ4n) is 2.79. The molecule has 4 heteroatoms. The second-order valence-electron chi connectivity index (χ2n) is 7.23. The van der Waals surface area contributed by atoms with Crippen LogP contribution in [-0.2, 0) is 19.1 Å². The van der Waals surface area contributed by atoms with E-state index >= 15 is 0 Å². The van der Waals surface area contributed by atoms with Crippen molar-refractivity contribution in [1.82, 2.24) is 0 Å². The van der Waals surface area contributed by atoms with E-state index in [1.165, 1.54) is 38.5 Å². The van der Waals surface area contributed by atoms with E-state index in [4.69, 9.17) is 9.47 Å². The lowest BCUT2D eigenvalue weighted by atomic mass is 10.1. The summed E-state index contributed by atoms with van der Waals surface area (Å²) in [6.45, 7) is 8.84. The summed E-state index contributed by atoms with van der Waals surface area (Å²) in [5.74, 6) is -0.0892. The molecule has 0 rings (SSSR count). The van der Waals surface area contributed by atoms with E-state index in [1.807, 2.05) is 20.8 Å². The van der Waals surface area contributed by atoms with Crippen molar-refractivity contribution < 1.29 is 19.1 Å². The summed E-state index contributed by atoms with van der Waals surface area (Å²) >= 11 is 0. The molecule has 0 aromatic heterocycles. The molecule has 0 saturated heterocycles. The number of rotatable bonds is 16. The summed E-state index contributed by atoms with van der Waals surface area (Å²) in [4.78, 5) is 23.4. The van der Waals surface area contributed by atoms with E-state index in [9.17, 15) is 9.59 Å². The summed E-state index contributed by atoms with van der Waals surface area (Å²) in [5.41, 5.74) is 0. The van der Waals surface area contributed by atoms with Crippen molar-refractivity contribution >= 4 is 11.9 Å². The molecule has 0 radical (unpaired) electrons. The Morgan fingerprint density at radius 3 is 1.88 bits per heavy atom. The Labute approximate surface area is 155 Å². The Balaban J connectivity index is 3.51. The molecule has 1 unspecified atom stereocenters. The zero-order valence-corrected chi connectivity index (χ0v) is 17.0. The van der Waals surface area contributed by atoms with Gasteiger partial charge in [0.1, 0.15) is 6.10 Å². The normalized spacial score (nSPS) is 12.2. The van der Waals surface area contributed by atoms with Crippen LogP contribution in [0.25, 0.3) is 0 Å². The Morgan fingerprint density at radius 2 is 1.32 bits per heavy atom. The number of carbonyl (C=O) groups excluding carboxylic acids is 2. The van der Waals surface area contributed by atoms with Gasteiger partial charge >= 0.3 is 11.9 Å². The lowest BCUT2D eigenvalue weighted by Gasteiger charge is -2.19. The van der Waals surface area contributed by atoms with Gasteiger partial charge in [0.25, 0.3) is 0 Å². The maximum atomic E-state index is 11.8. The van der Waals surface area contributed by atoms with Gasteiger partial charge in [-0.25, -0.2) is 0 Å². The van der Waals surface area contributed by atoms with Crippen molar-refractivity contribution in [2.45, 2.75) is 111 Å². The van der Waals surface area contributed by atoms with Gasteiger partial charge in [0.15, 0.2) is 0 Å². The van der Waals surface area contributed by atoms with E-state index in [0.29, 0.717) is 25.4 Å². The van der Waals surface area contributed by atoms with Gasteiger partial charge in [-0.15, -0.1) is 0 Å². The van der Waals surface area contributed by atoms with Crippen molar-refractivity contribution in [2.75, 3.05) is 6.61 Å². The van der Waals surface area contributed by atoms with Crippen LogP contribution in [0, 0.1) is 5.92 Å². The van der Waals surface area contributed by atoms with E-state index in [2.05, 4.69) is 6.92 Å². The first-order valence-electron chi connectivity index (χ1n) is 10.4. The molecule has 0 spiro atoms. The van der Waals surface area contributed by atoms with Crippen LogP contribution in [0.2, 0.25) is 0 Å². The minimum Gasteiger partial charge on any atom is -0.466 e. The third-order valence-electron chi connectivity index (χ3n) is 4.45. The van der Waals surface area contributed by atoms with Crippen LogP contribution >= 0.6 is 0 Å². The first kappa shape index (κ1) is 23.9. The first-order valence-corrected chi connectivity index (χ1v) is 10.4. The van der Waals surface area contributed by atoms with Crippen molar-refractivity contribution in [2.24, 2.45) is 5.92 Å². The van der Waals surface area contributed by atoms with Crippen molar-refractivity contribution in [3.63, 3.8) is 0 Å². The molecule has 0 saturated carbocycles. The van der Waals surface area contributed by atoms with Crippen LogP contribution < -0.4 is 0 Å². The average molecular weight is 357 g/mol. The topological polar surface area (TPSA) is 52.6 Å². The van der Waals surface area contributed by atoms with Gasteiger partial charge in [-0.2, -0.15) is 0 Å². The van der Waals surface area contributed by atoms with Gasteiger partial charge in [0.05, 0.1) is 6.61 Å². The SMILES string of the molecule is CCCCCCCCCCOC(=O)CCCC(=O)OC(CC)C(C)C. The molecule has 0 aliphatic carbocycles. The zero-order chi connectivity index (χ0) is 18.9. The highest BCUT2D eigenvalue weighted by Crippen LogP contribution is 2.12. The molecule has 0 fully saturated rings. The molecule has 0 bridgehead atoms. The van der Waals surface area contributed by atoms with E-state index < -0.39 is 0 Å². The number of unbranched alkanes of at least 4 members (excludes halogenated alkanes) is 7. The minimum absolute atomic E-state index is 0.0265. The summed E-state index contributed by atoms with van der Waals surface area (Å²) in [6, 6.07) is 0. The van der Waals surface area contributed by atoms with Gasteiger partial charge in [0.2, 0.25) is 0 Å². The number of hydrogen-bond acceptors (Lipinski definition) is 4. The Morgan fingerprint density at radius 1 is 0.760 bits per heavy atom. The maximum absolute atomic E-state index is 11.8. The molecule has 0 aliphatic heterocycles. The monoisotopic (exact) mass is 356 g/mol. The molecule has 4 nitrogen and oxygen atoms in total. The van der Waals surface area contributed by atoms with Crippen molar-refractivity contribution in [1.29, 1.82) is 0 Å². The fraction of sp³-hybridized carbons (Fsp3) is 0.905. The average Bonchev–Trinajstić information content (AvgIpc) is 2.58. The molecule has 0 aromatic carbocycles. The van der Waals surface area contributed by atoms with Gasteiger partial charge in [-0.05, 0) is 25.2 Å². The van der Waals surface area contributed by atoms with Crippen LogP contribution in [0.1, 0.15) is 105 Å². The van der Waals surface area contributed by atoms with E-state index in [-0.39, 0.29) is 24.5 Å². The predicted octanol–water partition coefficient (Wildman–Crippen LogP) is 5.82. The van der Waals surface area contributed by atoms with E-state index in [0.717, 1.165) is 19.3 Å². The van der Waals surface area contributed by atoms with Crippen LogP contribution in [0.15, 0.2) is 0 Å². The van der Waals surface area contributed by atoms with Crippen LogP contribution in [0.5, 0.6) is 0 Å². The second-order valence-corrected chi connectivity index (χ2v) is 7.23. The van der Waals surface area contributed by atoms with Crippen LogP contribution in [0.3, 0.4) is 0 Å². The molecule has 0 amide bonds. The largest absolute Gasteiger partial charge is 0.466 e. The van der Waals surface area contributed by atoms with Gasteiger partial charge < -0.3 is 9.47 Å². The molecule has 0 aliphatic rings. The first-order chi connectivity index (χ1) is 12.0. The third-order valence-corrected chi connectivity index (χ3v) is 4.45. The molecule has 0 heterocycles. The van der Waals surface area contributed by atoms with Gasteiger partial charge in [0, 0.05) is 12.8 Å². The van der Waals surface area contributed by atoms with Gasteiger partial charge in [-0.1, -0.05) is 72.6 Å². The summed E-state index contributed by atoms with van der Waals surface area (Å²) in [5, 5.41) is 0. The number of carbonyl (C=O) groups is 2. The highest BCUT2D eigenvalue weighted by atomic mass is 16.5. The highest BCUT2D eigenvalue weighted by molar-refractivity contribution is 5.72. The van der Waals surface area contributed by atoms with Gasteiger partial charge in [-0.3, -0.25) is 9.59 Å². The Bertz CT molecular complexity index is 339. The fourth-order valence-corrected chi connectivity index (χ4v) is 2.79. The standard InChI is InChI=1S/C21H40O4/c1-5-7-8-9-10-11-12-13-17-24-20(22)15-14-16-21(23)25-19(6-2)18(3)4/h18-19H,5-17H2,1-4H3. The molecule has 1 atom stereocenters. The molecule has 0 N–H and O–H groups in total. The highest BCUT2D eigenvalue weighted by Gasteiger charge is 2.16. The quantitative estimate of drug-likeness (QED) is 0.258. The third kappa shape index (κ3) is 14.9. The smallest absolute Gasteiger partial charge is 0.306 e. The molecular formula is C21H40O4. The summed E-state index contributed by atoms with van der Waals surface area (Å²) in [6.07, 6.45) is 11.7. The number of ether oxygens (including phenoxy) is 2. The maximum Gasteiger partial charge on any atom is 0.306 e. The lowest BCUT2D eigenvalue weighted by Crippen LogP contribution is -2.22. The number of hydrogen-bond donors (Lipinski definition) is 0. The second kappa shape index (κ2) is 16.4. The minimum atomic E-state index is -0.212. The molecule has 0 aromatic rings. The Kier molecular flexibility index (Phi) is 15.7. The Hall–Kier alpha value is -1.06. The van der Waals surface area contributed by atoms with Crippen LogP contribution in [-0.4, -0.2) is 24.6 Å². The molecular weight excluding hydrogens is 316 g/mol. The summed E-state index contributed by atoms with van der Waals surface area (Å²) < 4.78 is 10.6. The van der Waals surface area contributed by atoms with E-state index in [1.54, 1.807) is 0 Å². The lowest BCUT2D eigenvalue weighted by molar-refractivity contribution is -0.151. The molecule has 25 heavy (non-hydrogen) atoms. The molecule has 148 valence electrons. The predicted molar refractivity (Wildman–Crippen MR) is 102 cm³/mol. The zero-order valence-electron chi connectivity index (χ0n) is 17.0. The van der Waals surface area contributed by atoms with Crippen molar-refractivity contribution in [3.05, 3.63) is 0 Å². The number of esters is 2.